The zero-order chi connectivity index (χ0) is 11.2. The molecule has 1 N–H and O–H groups in total. The van der Waals surface area contributed by atoms with Gasteiger partial charge >= 0.3 is 0 Å². The number of morpholine rings is 2. The van der Waals surface area contributed by atoms with Crippen molar-refractivity contribution in [3.05, 3.63) is 0 Å². The van der Waals surface area contributed by atoms with E-state index in [4.69, 9.17) is 9.47 Å². The van der Waals surface area contributed by atoms with Crippen LogP contribution in [0.2, 0.25) is 0 Å². The Morgan fingerprint density at radius 2 is 1.50 bits per heavy atom. The van der Waals surface area contributed by atoms with Gasteiger partial charge in [-0.3, -0.25) is 9.80 Å². The molecule has 2 aliphatic rings. The monoisotopic (exact) mass is 230 g/mol. The van der Waals surface area contributed by atoms with Gasteiger partial charge in [-0.15, -0.1) is 0 Å². The first-order chi connectivity index (χ1) is 7.90. The third kappa shape index (κ3) is 3.40. The van der Waals surface area contributed by atoms with Crippen LogP contribution in [0.1, 0.15) is 0 Å². The van der Waals surface area contributed by atoms with Gasteiger partial charge in [-0.05, 0) is 0 Å². The lowest BCUT2D eigenvalue weighted by molar-refractivity contribution is -0.0214. The van der Waals surface area contributed by atoms with E-state index in [2.05, 4.69) is 9.80 Å². The van der Waals surface area contributed by atoms with Gasteiger partial charge in [0.2, 0.25) is 0 Å². The third-order valence-electron chi connectivity index (χ3n) is 3.35. The summed E-state index contributed by atoms with van der Waals surface area (Å²) < 4.78 is 10.7. The summed E-state index contributed by atoms with van der Waals surface area (Å²) in [5.41, 5.74) is 0. The van der Waals surface area contributed by atoms with Gasteiger partial charge < -0.3 is 14.6 Å². The fourth-order valence-corrected chi connectivity index (χ4v) is 2.31. The van der Waals surface area contributed by atoms with Crippen LogP contribution in [-0.2, 0) is 9.47 Å². The maximum Gasteiger partial charge on any atom is 0.0599 e. The number of hydrogen-bond acceptors (Lipinski definition) is 5. The second kappa shape index (κ2) is 6.51. The molecule has 5 heteroatoms. The molecule has 1 unspecified atom stereocenters. The van der Waals surface area contributed by atoms with Crippen LogP contribution in [0.3, 0.4) is 0 Å². The molecule has 2 aliphatic heterocycles. The van der Waals surface area contributed by atoms with Gasteiger partial charge in [-0.2, -0.15) is 0 Å². The number of aliphatic hydroxyl groups excluding tert-OH is 1. The summed E-state index contributed by atoms with van der Waals surface area (Å²) in [5.74, 6) is 0. The van der Waals surface area contributed by atoms with Crippen molar-refractivity contribution in [2.45, 2.75) is 6.04 Å². The van der Waals surface area contributed by atoms with Crippen LogP contribution in [-0.4, -0.2) is 86.7 Å². The molecule has 1 atom stereocenters. The molecule has 0 aromatic carbocycles. The fourth-order valence-electron chi connectivity index (χ4n) is 2.31. The van der Waals surface area contributed by atoms with Crippen molar-refractivity contribution >= 4 is 0 Å². The van der Waals surface area contributed by atoms with Crippen LogP contribution in [0, 0.1) is 0 Å². The maximum atomic E-state index is 9.47. The number of hydrogen-bond donors (Lipinski definition) is 1. The third-order valence-corrected chi connectivity index (χ3v) is 3.35. The highest BCUT2D eigenvalue weighted by Crippen LogP contribution is 2.07. The summed E-state index contributed by atoms with van der Waals surface area (Å²) >= 11 is 0. The van der Waals surface area contributed by atoms with Gasteiger partial charge in [0.1, 0.15) is 0 Å². The van der Waals surface area contributed by atoms with E-state index >= 15 is 0 Å². The Bertz CT molecular complexity index is 192. The molecule has 0 aliphatic carbocycles. The van der Waals surface area contributed by atoms with E-state index < -0.39 is 0 Å². The van der Waals surface area contributed by atoms with Crippen LogP contribution in [0.4, 0.5) is 0 Å². The maximum absolute atomic E-state index is 9.47. The molecule has 2 fully saturated rings. The normalized spacial score (nSPS) is 26.8. The summed E-state index contributed by atoms with van der Waals surface area (Å²) in [6, 6.07) is 0.252. The minimum Gasteiger partial charge on any atom is -0.395 e. The highest BCUT2D eigenvalue weighted by atomic mass is 16.5. The minimum atomic E-state index is 0.233. The highest BCUT2D eigenvalue weighted by molar-refractivity contribution is 4.77. The second-order valence-electron chi connectivity index (χ2n) is 4.40. The van der Waals surface area contributed by atoms with Crippen molar-refractivity contribution < 1.29 is 14.6 Å². The van der Waals surface area contributed by atoms with E-state index in [1.807, 2.05) is 0 Å². The molecule has 2 saturated heterocycles. The van der Waals surface area contributed by atoms with E-state index in [1.54, 1.807) is 0 Å². The molecule has 0 aromatic heterocycles. The van der Waals surface area contributed by atoms with E-state index in [0.29, 0.717) is 0 Å². The van der Waals surface area contributed by atoms with Crippen LogP contribution in [0.25, 0.3) is 0 Å². The Morgan fingerprint density at radius 1 is 0.938 bits per heavy atom. The zero-order valence-electron chi connectivity index (χ0n) is 9.81. The number of aliphatic hydroxyl groups is 1. The van der Waals surface area contributed by atoms with Crippen LogP contribution >= 0.6 is 0 Å². The smallest absolute Gasteiger partial charge is 0.0599 e. The van der Waals surface area contributed by atoms with Gasteiger partial charge in [0.15, 0.2) is 0 Å². The van der Waals surface area contributed by atoms with Gasteiger partial charge in [-0.1, -0.05) is 0 Å². The van der Waals surface area contributed by atoms with Crippen LogP contribution in [0.5, 0.6) is 0 Å². The molecule has 0 spiro atoms. The molecular weight excluding hydrogens is 208 g/mol. The first-order valence-corrected chi connectivity index (χ1v) is 6.13. The Balaban J connectivity index is 1.78. The predicted molar refractivity (Wildman–Crippen MR) is 60.5 cm³/mol. The summed E-state index contributed by atoms with van der Waals surface area (Å²) in [5, 5.41) is 9.47. The van der Waals surface area contributed by atoms with E-state index in [1.165, 1.54) is 0 Å². The van der Waals surface area contributed by atoms with Crippen molar-refractivity contribution in [1.82, 2.24) is 9.80 Å². The molecule has 94 valence electrons. The Hall–Kier alpha value is -0.200. The minimum absolute atomic E-state index is 0.233. The molecule has 0 amide bonds. The summed E-state index contributed by atoms with van der Waals surface area (Å²) in [4.78, 5) is 4.71. The first-order valence-electron chi connectivity index (χ1n) is 6.13. The van der Waals surface area contributed by atoms with Gasteiger partial charge in [0.25, 0.3) is 0 Å². The number of ether oxygens (including phenoxy) is 2. The van der Waals surface area contributed by atoms with Crippen molar-refractivity contribution in [2.75, 3.05) is 65.8 Å². The Morgan fingerprint density at radius 3 is 2.06 bits per heavy atom. The Labute approximate surface area is 96.9 Å². The van der Waals surface area contributed by atoms with Crippen molar-refractivity contribution in [3.8, 4) is 0 Å². The number of nitrogens with zero attached hydrogens (tertiary/aromatic N) is 2. The molecule has 2 heterocycles. The molecule has 0 radical (unpaired) electrons. The molecule has 0 bridgehead atoms. The Kier molecular flexibility index (Phi) is 4.99. The highest BCUT2D eigenvalue weighted by Gasteiger charge is 2.23. The molecule has 0 aromatic rings. The van der Waals surface area contributed by atoms with E-state index in [0.717, 1.165) is 59.2 Å². The largest absolute Gasteiger partial charge is 0.395 e. The summed E-state index contributed by atoms with van der Waals surface area (Å²) in [6.45, 7) is 8.26. The van der Waals surface area contributed by atoms with Gasteiger partial charge in [0, 0.05) is 38.8 Å². The first kappa shape index (κ1) is 12.3. The average Bonchev–Trinajstić information content (AvgIpc) is 2.38. The summed E-state index contributed by atoms with van der Waals surface area (Å²) in [7, 11) is 0. The lowest BCUT2D eigenvalue weighted by Gasteiger charge is -2.37. The van der Waals surface area contributed by atoms with E-state index in [-0.39, 0.29) is 12.6 Å². The van der Waals surface area contributed by atoms with Crippen LogP contribution < -0.4 is 0 Å². The molecular formula is C11H22N2O3. The lowest BCUT2D eigenvalue weighted by atomic mass is 10.2. The molecule has 5 nitrogen and oxygen atoms in total. The number of rotatable bonds is 4. The van der Waals surface area contributed by atoms with Crippen molar-refractivity contribution in [1.29, 1.82) is 0 Å². The lowest BCUT2D eigenvalue weighted by Crippen LogP contribution is -2.52. The fraction of sp³-hybridized carbons (Fsp3) is 1.00. The van der Waals surface area contributed by atoms with Crippen LogP contribution in [0.15, 0.2) is 0 Å². The molecule has 0 saturated carbocycles. The van der Waals surface area contributed by atoms with Gasteiger partial charge in [0.05, 0.1) is 33.0 Å². The SMILES string of the molecule is OCC(CN1CCOCC1)N1CCOCC1. The predicted octanol–water partition coefficient (Wildman–Crippen LogP) is -0.988. The quantitative estimate of drug-likeness (QED) is 0.672. The van der Waals surface area contributed by atoms with Crippen molar-refractivity contribution in [3.63, 3.8) is 0 Å². The molecule has 16 heavy (non-hydrogen) atoms. The molecule has 2 rings (SSSR count). The average molecular weight is 230 g/mol. The standard InChI is InChI=1S/C11H22N2O3/c14-10-11(13-3-7-16-8-4-13)9-12-1-5-15-6-2-12/h11,14H,1-10H2. The summed E-state index contributed by atoms with van der Waals surface area (Å²) in [6.07, 6.45) is 0. The van der Waals surface area contributed by atoms with E-state index in [9.17, 15) is 5.11 Å². The van der Waals surface area contributed by atoms with Crippen molar-refractivity contribution in [2.24, 2.45) is 0 Å². The topological polar surface area (TPSA) is 45.2 Å². The van der Waals surface area contributed by atoms with Gasteiger partial charge in [-0.25, -0.2) is 0 Å². The second-order valence-corrected chi connectivity index (χ2v) is 4.40. The zero-order valence-corrected chi connectivity index (χ0v) is 9.81.